The summed E-state index contributed by atoms with van der Waals surface area (Å²) < 4.78 is 0. The zero-order valence-electron chi connectivity index (χ0n) is 19.2. The standard InChI is InChI=1S/C27H37N5/c1-4-21-6-3-11-29-27(21)26(8-1)32(18-20-9-10-20)19-23-16-24-22(17-30-23)5-2-7-25(24)31-14-12-28-13-15-31/h2-3,5-7,11,20,23,26,28,30H,1,4,8-10,12-19H2/t23-,26+/m1/s1. The second-order valence-corrected chi connectivity index (χ2v) is 10.3. The predicted octanol–water partition coefficient (Wildman–Crippen LogP) is 3.30. The molecule has 5 heteroatoms. The van der Waals surface area contributed by atoms with E-state index < -0.39 is 0 Å². The summed E-state index contributed by atoms with van der Waals surface area (Å²) in [7, 11) is 0. The van der Waals surface area contributed by atoms with Gasteiger partial charge < -0.3 is 15.5 Å². The zero-order chi connectivity index (χ0) is 21.3. The summed E-state index contributed by atoms with van der Waals surface area (Å²) in [6.45, 7) is 7.79. The van der Waals surface area contributed by atoms with Crippen LogP contribution < -0.4 is 15.5 Å². The van der Waals surface area contributed by atoms with Crippen molar-refractivity contribution in [3.05, 3.63) is 58.9 Å². The first-order chi connectivity index (χ1) is 15.8. The first-order valence-electron chi connectivity index (χ1n) is 12.8. The van der Waals surface area contributed by atoms with Crippen LogP contribution in [0.2, 0.25) is 0 Å². The van der Waals surface area contributed by atoms with E-state index in [4.69, 9.17) is 4.98 Å². The van der Waals surface area contributed by atoms with E-state index in [9.17, 15) is 0 Å². The summed E-state index contributed by atoms with van der Waals surface area (Å²) in [5, 5.41) is 7.40. The quantitative estimate of drug-likeness (QED) is 0.735. The molecule has 0 unspecified atom stereocenters. The van der Waals surface area contributed by atoms with Crippen LogP contribution in [-0.4, -0.2) is 55.2 Å². The van der Waals surface area contributed by atoms with Gasteiger partial charge in [0.25, 0.3) is 0 Å². The Morgan fingerprint density at radius 3 is 2.75 bits per heavy atom. The molecule has 3 heterocycles. The third kappa shape index (κ3) is 4.30. The fourth-order valence-electron chi connectivity index (χ4n) is 6.11. The Hall–Kier alpha value is -1.95. The molecule has 170 valence electrons. The Bertz CT molecular complexity index is 933. The van der Waals surface area contributed by atoms with Crippen molar-refractivity contribution in [3.8, 4) is 0 Å². The molecule has 1 saturated carbocycles. The lowest BCUT2D eigenvalue weighted by Crippen LogP contribution is -2.48. The predicted molar refractivity (Wildman–Crippen MR) is 130 cm³/mol. The van der Waals surface area contributed by atoms with Gasteiger partial charge in [-0.3, -0.25) is 9.88 Å². The summed E-state index contributed by atoms with van der Waals surface area (Å²) >= 11 is 0. The number of fused-ring (bicyclic) bond motifs is 2. The molecular formula is C27H37N5. The molecule has 0 radical (unpaired) electrons. The molecule has 2 fully saturated rings. The minimum absolute atomic E-state index is 0.493. The monoisotopic (exact) mass is 431 g/mol. The first kappa shape index (κ1) is 20.6. The molecule has 32 heavy (non-hydrogen) atoms. The fraction of sp³-hybridized carbons (Fsp3) is 0.593. The van der Waals surface area contributed by atoms with E-state index in [2.05, 4.69) is 50.8 Å². The molecule has 0 amide bonds. The number of anilines is 1. The summed E-state index contributed by atoms with van der Waals surface area (Å²) in [5.74, 6) is 0.899. The minimum Gasteiger partial charge on any atom is -0.369 e. The van der Waals surface area contributed by atoms with Gasteiger partial charge >= 0.3 is 0 Å². The fourth-order valence-corrected chi connectivity index (χ4v) is 6.11. The van der Waals surface area contributed by atoms with Crippen molar-refractivity contribution in [3.63, 3.8) is 0 Å². The second kappa shape index (κ2) is 9.12. The van der Waals surface area contributed by atoms with Crippen LogP contribution >= 0.6 is 0 Å². The molecule has 2 N–H and O–H groups in total. The molecule has 2 aliphatic heterocycles. The molecule has 6 rings (SSSR count). The number of aromatic nitrogens is 1. The highest BCUT2D eigenvalue weighted by Gasteiger charge is 2.34. The van der Waals surface area contributed by atoms with E-state index in [-0.39, 0.29) is 0 Å². The van der Waals surface area contributed by atoms with E-state index in [0.717, 1.165) is 51.6 Å². The van der Waals surface area contributed by atoms with Gasteiger partial charge in [-0.15, -0.1) is 0 Å². The number of nitrogens with one attached hydrogen (secondary N) is 2. The van der Waals surface area contributed by atoms with Gasteiger partial charge in [0.15, 0.2) is 0 Å². The first-order valence-corrected chi connectivity index (χ1v) is 12.8. The molecule has 0 spiro atoms. The molecule has 2 aromatic rings. The van der Waals surface area contributed by atoms with Crippen LogP contribution in [0.1, 0.15) is 54.1 Å². The summed E-state index contributed by atoms with van der Waals surface area (Å²) in [4.78, 5) is 10.3. The number of piperazine rings is 1. The van der Waals surface area contributed by atoms with Gasteiger partial charge in [0.05, 0.1) is 11.7 Å². The number of hydrogen-bond acceptors (Lipinski definition) is 5. The molecule has 2 atom stereocenters. The highest BCUT2D eigenvalue weighted by Crippen LogP contribution is 2.38. The number of hydrogen-bond donors (Lipinski definition) is 2. The van der Waals surface area contributed by atoms with Crippen LogP contribution in [0.3, 0.4) is 0 Å². The third-order valence-electron chi connectivity index (χ3n) is 7.99. The lowest BCUT2D eigenvalue weighted by molar-refractivity contribution is 0.147. The van der Waals surface area contributed by atoms with Crippen molar-refractivity contribution in [2.24, 2.45) is 5.92 Å². The van der Waals surface area contributed by atoms with Gasteiger partial charge in [0.1, 0.15) is 0 Å². The highest BCUT2D eigenvalue weighted by molar-refractivity contribution is 5.58. The van der Waals surface area contributed by atoms with Gasteiger partial charge in [-0.1, -0.05) is 18.2 Å². The number of nitrogens with zero attached hydrogens (tertiary/aromatic N) is 3. The van der Waals surface area contributed by atoms with Crippen LogP contribution in [-0.2, 0) is 19.4 Å². The SMILES string of the molecule is c1cnc2c(c1)CCC[C@@H]2N(CC1CC1)C[C@H]1Cc2c(cccc2N2CCNCC2)CN1. The largest absolute Gasteiger partial charge is 0.369 e. The van der Waals surface area contributed by atoms with Crippen molar-refractivity contribution >= 4 is 5.69 Å². The van der Waals surface area contributed by atoms with Crippen LogP contribution in [0.25, 0.3) is 0 Å². The van der Waals surface area contributed by atoms with Crippen molar-refractivity contribution in [1.82, 2.24) is 20.5 Å². The number of aryl methyl sites for hydroxylation is 1. The summed E-state index contributed by atoms with van der Waals surface area (Å²) in [6, 6.07) is 12.4. The maximum atomic E-state index is 4.88. The van der Waals surface area contributed by atoms with Crippen LogP contribution in [0.5, 0.6) is 0 Å². The number of pyridine rings is 1. The topological polar surface area (TPSA) is 43.4 Å². The third-order valence-corrected chi connectivity index (χ3v) is 7.99. The van der Waals surface area contributed by atoms with Gasteiger partial charge in [0, 0.05) is 63.7 Å². The Morgan fingerprint density at radius 1 is 1.00 bits per heavy atom. The van der Waals surface area contributed by atoms with Crippen LogP contribution in [0.4, 0.5) is 5.69 Å². The molecule has 2 aliphatic carbocycles. The average molecular weight is 432 g/mol. The van der Waals surface area contributed by atoms with Gasteiger partial charge in [-0.2, -0.15) is 0 Å². The van der Waals surface area contributed by atoms with E-state index in [1.165, 1.54) is 61.2 Å². The molecule has 4 aliphatic rings. The second-order valence-electron chi connectivity index (χ2n) is 10.3. The average Bonchev–Trinajstić information content (AvgIpc) is 3.67. The maximum absolute atomic E-state index is 4.88. The van der Waals surface area contributed by atoms with E-state index in [1.807, 2.05) is 6.20 Å². The van der Waals surface area contributed by atoms with Crippen molar-refractivity contribution in [2.45, 2.75) is 57.2 Å². The Morgan fingerprint density at radius 2 is 1.88 bits per heavy atom. The maximum Gasteiger partial charge on any atom is 0.0607 e. The lowest BCUT2D eigenvalue weighted by Gasteiger charge is -2.40. The smallest absolute Gasteiger partial charge is 0.0607 e. The Kier molecular flexibility index (Phi) is 5.89. The van der Waals surface area contributed by atoms with Crippen LogP contribution in [0.15, 0.2) is 36.5 Å². The van der Waals surface area contributed by atoms with Gasteiger partial charge in [0.2, 0.25) is 0 Å². The minimum atomic E-state index is 0.493. The van der Waals surface area contributed by atoms with Gasteiger partial charge in [-0.05, 0) is 73.3 Å². The number of benzene rings is 1. The number of rotatable bonds is 6. The molecule has 0 bridgehead atoms. The summed E-state index contributed by atoms with van der Waals surface area (Å²) in [5.41, 5.74) is 7.40. The molecule has 5 nitrogen and oxygen atoms in total. The molecule has 1 aromatic heterocycles. The van der Waals surface area contributed by atoms with Crippen molar-refractivity contribution in [2.75, 3.05) is 44.2 Å². The molecule has 1 aromatic carbocycles. The van der Waals surface area contributed by atoms with Crippen molar-refractivity contribution in [1.29, 1.82) is 0 Å². The van der Waals surface area contributed by atoms with Crippen LogP contribution in [0, 0.1) is 5.92 Å². The molecular weight excluding hydrogens is 394 g/mol. The summed E-state index contributed by atoms with van der Waals surface area (Å²) in [6.07, 6.45) is 9.70. The zero-order valence-corrected chi connectivity index (χ0v) is 19.2. The van der Waals surface area contributed by atoms with E-state index >= 15 is 0 Å². The lowest BCUT2D eigenvalue weighted by atomic mass is 9.89. The van der Waals surface area contributed by atoms with E-state index in [1.54, 1.807) is 5.56 Å². The van der Waals surface area contributed by atoms with Gasteiger partial charge in [-0.25, -0.2) is 0 Å². The van der Waals surface area contributed by atoms with E-state index in [0.29, 0.717) is 12.1 Å². The molecule has 1 saturated heterocycles. The normalized spacial score (nSPS) is 25.5. The Balaban J connectivity index is 1.23. The highest BCUT2D eigenvalue weighted by atomic mass is 15.2. The van der Waals surface area contributed by atoms with Crippen molar-refractivity contribution < 1.29 is 0 Å². The Labute approximate surface area is 192 Å².